The summed E-state index contributed by atoms with van der Waals surface area (Å²) < 4.78 is 22.5. The van der Waals surface area contributed by atoms with E-state index in [1.807, 2.05) is 24.9 Å². The van der Waals surface area contributed by atoms with Crippen molar-refractivity contribution in [2.45, 2.75) is 17.9 Å². The zero-order valence-corrected chi connectivity index (χ0v) is 13.1. The molecule has 1 aromatic heterocycles. The SMILES string of the molecule is C[C@H](c1ccc(S(N)(=O)=O)cc1)N(C)c1ccc(C#N)cn1. The molecule has 1 heterocycles. The number of pyridine rings is 1. The highest BCUT2D eigenvalue weighted by Gasteiger charge is 2.15. The number of hydrogen-bond acceptors (Lipinski definition) is 5. The third-order valence-corrected chi connectivity index (χ3v) is 4.44. The van der Waals surface area contributed by atoms with Crippen molar-refractivity contribution in [1.29, 1.82) is 5.26 Å². The Kier molecular flexibility index (Phi) is 4.45. The van der Waals surface area contributed by atoms with Gasteiger partial charge in [0.2, 0.25) is 10.0 Å². The number of hydrogen-bond donors (Lipinski definition) is 1. The van der Waals surface area contributed by atoms with E-state index in [0.29, 0.717) is 5.56 Å². The zero-order chi connectivity index (χ0) is 16.3. The third-order valence-electron chi connectivity index (χ3n) is 3.51. The van der Waals surface area contributed by atoms with Gasteiger partial charge in [-0.2, -0.15) is 5.26 Å². The van der Waals surface area contributed by atoms with Crippen LogP contribution in [0.4, 0.5) is 5.82 Å². The molecule has 0 fully saturated rings. The number of benzene rings is 1. The summed E-state index contributed by atoms with van der Waals surface area (Å²) in [5, 5.41) is 13.9. The summed E-state index contributed by atoms with van der Waals surface area (Å²) in [6.45, 7) is 1.98. The minimum Gasteiger partial charge on any atom is -0.353 e. The molecule has 0 aliphatic heterocycles. The maximum Gasteiger partial charge on any atom is 0.238 e. The van der Waals surface area contributed by atoms with E-state index < -0.39 is 10.0 Å². The Labute approximate surface area is 129 Å². The van der Waals surface area contributed by atoms with Crippen molar-refractivity contribution in [2.75, 3.05) is 11.9 Å². The van der Waals surface area contributed by atoms with Crippen LogP contribution in [0.5, 0.6) is 0 Å². The quantitative estimate of drug-likeness (QED) is 0.927. The van der Waals surface area contributed by atoms with E-state index in [4.69, 9.17) is 10.4 Å². The fourth-order valence-corrected chi connectivity index (χ4v) is 2.53. The second kappa shape index (κ2) is 6.13. The molecule has 0 radical (unpaired) electrons. The summed E-state index contributed by atoms with van der Waals surface area (Å²) in [4.78, 5) is 6.26. The second-order valence-electron chi connectivity index (χ2n) is 4.92. The Morgan fingerprint density at radius 3 is 2.32 bits per heavy atom. The zero-order valence-electron chi connectivity index (χ0n) is 12.3. The van der Waals surface area contributed by atoms with Gasteiger partial charge in [-0.15, -0.1) is 0 Å². The summed E-state index contributed by atoms with van der Waals surface area (Å²) in [5.74, 6) is 0.724. The van der Waals surface area contributed by atoms with E-state index in [1.165, 1.54) is 18.3 Å². The fourth-order valence-electron chi connectivity index (χ4n) is 2.02. The molecule has 0 spiro atoms. The lowest BCUT2D eigenvalue weighted by Gasteiger charge is -2.26. The standard InChI is InChI=1S/C15H16N4O2S/c1-11(13-4-6-14(7-5-13)22(17,20)21)19(2)15-8-3-12(9-16)10-18-15/h3-8,10-11H,1-2H3,(H2,17,20,21)/t11-/m1/s1. The first kappa shape index (κ1) is 15.9. The van der Waals surface area contributed by atoms with Crippen LogP contribution in [0.3, 0.4) is 0 Å². The van der Waals surface area contributed by atoms with Crippen molar-refractivity contribution in [3.63, 3.8) is 0 Å². The van der Waals surface area contributed by atoms with Crippen LogP contribution in [0.1, 0.15) is 24.1 Å². The van der Waals surface area contributed by atoms with Crippen molar-refractivity contribution in [2.24, 2.45) is 5.14 Å². The van der Waals surface area contributed by atoms with E-state index in [0.717, 1.165) is 11.4 Å². The highest BCUT2D eigenvalue weighted by Crippen LogP contribution is 2.24. The first-order valence-corrected chi connectivity index (χ1v) is 8.09. The number of nitriles is 1. The van der Waals surface area contributed by atoms with Crippen LogP contribution < -0.4 is 10.0 Å². The summed E-state index contributed by atoms with van der Waals surface area (Å²) in [5.41, 5.74) is 1.43. The Balaban J connectivity index is 2.23. The molecule has 0 amide bonds. The number of nitrogens with two attached hydrogens (primary N) is 1. The van der Waals surface area contributed by atoms with Crippen LogP contribution in [0, 0.1) is 11.3 Å². The van der Waals surface area contributed by atoms with Crippen LogP contribution >= 0.6 is 0 Å². The van der Waals surface area contributed by atoms with Gasteiger partial charge in [-0.1, -0.05) is 12.1 Å². The molecule has 7 heteroatoms. The number of aromatic nitrogens is 1. The van der Waals surface area contributed by atoms with Crippen molar-refractivity contribution in [3.05, 3.63) is 53.7 Å². The molecule has 114 valence electrons. The van der Waals surface area contributed by atoms with Gasteiger partial charge < -0.3 is 4.90 Å². The van der Waals surface area contributed by atoms with Crippen LogP contribution in [0.2, 0.25) is 0 Å². The Morgan fingerprint density at radius 2 is 1.86 bits per heavy atom. The van der Waals surface area contributed by atoms with Crippen molar-refractivity contribution >= 4 is 15.8 Å². The molecule has 1 atom stereocenters. The molecule has 22 heavy (non-hydrogen) atoms. The Hall–Kier alpha value is -2.43. The smallest absolute Gasteiger partial charge is 0.238 e. The minimum absolute atomic E-state index is 0.0186. The number of nitrogens with zero attached hydrogens (tertiary/aromatic N) is 3. The first-order valence-electron chi connectivity index (χ1n) is 6.54. The summed E-state index contributed by atoms with van der Waals surface area (Å²) in [6, 6.07) is 11.9. The minimum atomic E-state index is -3.68. The number of sulfonamides is 1. The van der Waals surface area contributed by atoms with Crippen molar-refractivity contribution in [3.8, 4) is 6.07 Å². The lowest BCUT2D eigenvalue weighted by molar-refractivity contribution is 0.597. The second-order valence-corrected chi connectivity index (χ2v) is 6.48. The molecule has 0 unspecified atom stereocenters. The van der Waals surface area contributed by atoms with Crippen LogP contribution in [0.25, 0.3) is 0 Å². The first-order chi connectivity index (χ1) is 10.3. The monoisotopic (exact) mass is 316 g/mol. The Bertz CT molecular complexity index is 793. The highest BCUT2D eigenvalue weighted by atomic mass is 32.2. The van der Waals surface area contributed by atoms with Crippen LogP contribution in [-0.2, 0) is 10.0 Å². The normalized spacial score (nSPS) is 12.5. The largest absolute Gasteiger partial charge is 0.353 e. The van der Waals surface area contributed by atoms with Gasteiger partial charge in [0.15, 0.2) is 0 Å². The number of anilines is 1. The molecule has 2 N–H and O–H groups in total. The van der Waals surface area contributed by atoms with Gasteiger partial charge >= 0.3 is 0 Å². The van der Waals surface area contributed by atoms with E-state index in [-0.39, 0.29) is 10.9 Å². The summed E-state index contributed by atoms with van der Waals surface area (Å²) in [7, 11) is -1.80. The van der Waals surface area contributed by atoms with E-state index in [9.17, 15) is 8.42 Å². The lowest BCUT2D eigenvalue weighted by atomic mass is 10.1. The van der Waals surface area contributed by atoms with Crippen LogP contribution in [0.15, 0.2) is 47.5 Å². The predicted octanol–water partition coefficient (Wildman–Crippen LogP) is 1.80. The molecule has 0 aliphatic carbocycles. The molecular weight excluding hydrogens is 300 g/mol. The number of rotatable bonds is 4. The fraction of sp³-hybridized carbons (Fsp3) is 0.200. The third kappa shape index (κ3) is 3.42. The van der Waals surface area contributed by atoms with Gasteiger partial charge in [0.25, 0.3) is 0 Å². The maximum absolute atomic E-state index is 11.3. The average Bonchev–Trinajstić information content (AvgIpc) is 2.53. The molecule has 0 bridgehead atoms. The molecule has 0 saturated carbocycles. The predicted molar refractivity (Wildman–Crippen MR) is 83.6 cm³/mol. The summed E-state index contributed by atoms with van der Waals surface area (Å²) >= 11 is 0. The van der Waals surface area contributed by atoms with Crippen LogP contribution in [-0.4, -0.2) is 20.4 Å². The molecular formula is C15H16N4O2S. The molecule has 1 aromatic carbocycles. The van der Waals surface area contributed by atoms with Gasteiger partial charge in [-0.3, -0.25) is 0 Å². The van der Waals surface area contributed by atoms with Gasteiger partial charge in [0.05, 0.1) is 16.5 Å². The van der Waals surface area contributed by atoms with Gasteiger partial charge in [-0.05, 0) is 36.8 Å². The van der Waals surface area contributed by atoms with Crippen molar-refractivity contribution < 1.29 is 8.42 Å². The molecule has 0 aliphatic rings. The van der Waals surface area contributed by atoms with Crippen molar-refractivity contribution in [1.82, 2.24) is 4.98 Å². The highest BCUT2D eigenvalue weighted by molar-refractivity contribution is 7.89. The van der Waals surface area contributed by atoms with E-state index in [1.54, 1.807) is 24.3 Å². The molecule has 2 rings (SSSR count). The van der Waals surface area contributed by atoms with Gasteiger partial charge in [0.1, 0.15) is 11.9 Å². The topological polar surface area (TPSA) is 100 Å². The van der Waals surface area contributed by atoms with E-state index >= 15 is 0 Å². The average molecular weight is 316 g/mol. The molecule has 6 nitrogen and oxygen atoms in total. The maximum atomic E-state index is 11.3. The van der Waals surface area contributed by atoms with Gasteiger partial charge in [0, 0.05) is 13.2 Å². The Morgan fingerprint density at radius 1 is 1.23 bits per heavy atom. The molecule has 0 saturated heterocycles. The van der Waals surface area contributed by atoms with E-state index in [2.05, 4.69) is 4.98 Å². The summed E-state index contributed by atoms with van der Waals surface area (Å²) in [6.07, 6.45) is 1.52. The lowest BCUT2D eigenvalue weighted by Crippen LogP contribution is -2.22. The van der Waals surface area contributed by atoms with Gasteiger partial charge in [-0.25, -0.2) is 18.5 Å². The number of primary sulfonamides is 1. The molecule has 2 aromatic rings.